The minimum atomic E-state index is -0.826. The molecule has 2 N–H and O–H groups in total. The van der Waals surface area contributed by atoms with Gasteiger partial charge >= 0.3 is 0 Å². The Hall–Kier alpha value is -1.84. The minimum Gasteiger partial charge on any atom is -0.352 e. The Morgan fingerprint density at radius 1 is 1.05 bits per heavy atom. The lowest BCUT2D eigenvalue weighted by Gasteiger charge is -2.18. The molecule has 2 amide bonds. The molecule has 0 heterocycles. The van der Waals surface area contributed by atoms with Crippen molar-refractivity contribution in [3.05, 3.63) is 29.8 Å². The molecule has 0 spiro atoms. The van der Waals surface area contributed by atoms with Crippen molar-refractivity contribution in [1.29, 1.82) is 0 Å². The Morgan fingerprint density at radius 3 is 2.24 bits per heavy atom. The molecule has 4 heteroatoms. The van der Waals surface area contributed by atoms with Crippen LogP contribution in [0.1, 0.15) is 44.1 Å². The highest BCUT2D eigenvalue weighted by molar-refractivity contribution is 6.13. The number of amides is 2. The first-order chi connectivity index (χ1) is 10.1. The fraction of sp³-hybridized carbons (Fsp3) is 0.529. The van der Waals surface area contributed by atoms with Gasteiger partial charge in [-0.2, -0.15) is 0 Å². The summed E-state index contributed by atoms with van der Waals surface area (Å²) in [6.45, 7) is 2.00. The Labute approximate surface area is 125 Å². The first-order valence-electron chi connectivity index (χ1n) is 7.79. The topological polar surface area (TPSA) is 58.2 Å². The zero-order valence-electron chi connectivity index (χ0n) is 12.4. The monoisotopic (exact) mass is 286 g/mol. The van der Waals surface area contributed by atoms with Gasteiger partial charge in [-0.25, -0.2) is 0 Å². The van der Waals surface area contributed by atoms with Crippen LogP contribution in [0.4, 0.5) is 5.69 Å². The van der Waals surface area contributed by atoms with E-state index in [1.54, 1.807) is 0 Å². The molecular weight excluding hydrogens is 264 g/mol. The van der Waals surface area contributed by atoms with Crippen molar-refractivity contribution in [2.75, 3.05) is 5.32 Å². The van der Waals surface area contributed by atoms with E-state index in [1.165, 1.54) is 12.8 Å². The average molecular weight is 286 g/mol. The van der Waals surface area contributed by atoms with Gasteiger partial charge in [0.05, 0.1) is 0 Å². The zero-order valence-corrected chi connectivity index (χ0v) is 12.4. The van der Waals surface area contributed by atoms with E-state index in [0.717, 1.165) is 24.1 Å². The number of carbonyl (C=O) groups excluding carboxylic acids is 2. The molecule has 2 fully saturated rings. The summed E-state index contributed by atoms with van der Waals surface area (Å²) >= 11 is 0. The number of benzene rings is 1. The smallest absolute Gasteiger partial charge is 0.240 e. The number of anilines is 1. The zero-order chi connectivity index (χ0) is 14.9. The molecule has 0 radical (unpaired) electrons. The molecule has 0 atom stereocenters. The Morgan fingerprint density at radius 2 is 1.67 bits per heavy atom. The van der Waals surface area contributed by atoms with Crippen molar-refractivity contribution in [1.82, 2.24) is 5.32 Å². The third-order valence-electron chi connectivity index (χ3n) is 4.62. The second-order valence-electron chi connectivity index (χ2n) is 6.36. The molecule has 112 valence electrons. The summed E-state index contributed by atoms with van der Waals surface area (Å²) in [5.41, 5.74) is 1.08. The summed E-state index contributed by atoms with van der Waals surface area (Å²) in [4.78, 5) is 24.8. The van der Waals surface area contributed by atoms with Gasteiger partial charge in [0, 0.05) is 11.7 Å². The maximum Gasteiger partial charge on any atom is 0.240 e. The van der Waals surface area contributed by atoms with E-state index in [-0.39, 0.29) is 17.9 Å². The van der Waals surface area contributed by atoms with E-state index >= 15 is 0 Å². The van der Waals surface area contributed by atoms with Gasteiger partial charge in [-0.3, -0.25) is 9.59 Å². The molecule has 0 aliphatic heterocycles. The Bertz CT molecular complexity index is 540. The first kappa shape index (κ1) is 14.1. The van der Waals surface area contributed by atoms with E-state index in [4.69, 9.17) is 0 Å². The van der Waals surface area contributed by atoms with E-state index in [9.17, 15) is 9.59 Å². The summed E-state index contributed by atoms with van der Waals surface area (Å²) < 4.78 is 0. The molecule has 0 aromatic heterocycles. The van der Waals surface area contributed by atoms with Gasteiger partial charge in [-0.05, 0) is 44.7 Å². The van der Waals surface area contributed by atoms with Crippen LogP contribution >= 0.6 is 0 Å². The maximum absolute atomic E-state index is 12.4. The normalized spacial score (nSPS) is 20.0. The van der Waals surface area contributed by atoms with Crippen LogP contribution in [0.3, 0.4) is 0 Å². The Kier molecular flexibility index (Phi) is 3.70. The lowest BCUT2D eigenvalue weighted by atomic mass is 10.0. The average Bonchev–Trinajstić information content (AvgIpc) is 3.14. The molecule has 21 heavy (non-hydrogen) atoms. The lowest BCUT2D eigenvalue weighted by molar-refractivity contribution is -0.134. The summed E-state index contributed by atoms with van der Waals surface area (Å²) in [7, 11) is 0. The number of hydrogen-bond acceptors (Lipinski definition) is 2. The molecule has 0 saturated heterocycles. The second kappa shape index (κ2) is 5.51. The van der Waals surface area contributed by atoms with Crippen molar-refractivity contribution in [3.8, 4) is 0 Å². The highest BCUT2D eigenvalue weighted by Gasteiger charge is 2.56. The van der Waals surface area contributed by atoms with Crippen LogP contribution in [0, 0.1) is 12.3 Å². The van der Waals surface area contributed by atoms with E-state index in [2.05, 4.69) is 10.6 Å². The summed E-state index contributed by atoms with van der Waals surface area (Å²) in [6.07, 6.45) is 5.75. The fourth-order valence-electron chi connectivity index (χ4n) is 2.96. The summed E-state index contributed by atoms with van der Waals surface area (Å²) in [6, 6.07) is 7.92. The second-order valence-corrected chi connectivity index (χ2v) is 6.36. The van der Waals surface area contributed by atoms with Gasteiger partial charge in [0.25, 0.3) is 0 Å². The number of carbonyl (C=O) groups is 2. The molecule has 2 aliphatic rings. The van der Waals surface area contributed by atoms with Crippen molar-refractivity contribution in [3.63, 3.8) is 0 Å². The molecule has 4 nitrogen and oxygen atoms in total. The molecular formula is C17H22N2O2. The predicted molar refractivity (Wildman–Crippen MR) is 81.9 cm³/mol. The van der Waals surface area contributed by atoms with Crippen LogP contribution in [0.2, 0.25) is 0 Å². The summed E-state index contributed by atoms with van der Waals surface area (Å²) in [5, 5.41) is 5.94. The molecule has 2 aliphatic carbocycles. The molecule has 3 rings (SSSR count). The minimum absolute atomic E-state index is 0.0842. The third-order valence-corrected chi connectivity index (χ3v) is 4.62. The predicted octanol–water partition coefficient (Wildman–Crippen LogP) is 2.77. The quantitative estimate of drug-likeness (QED) is 0.836. The number of aryl methyl sites for hydroxylation is 1. The van der Waals surface area contributed by atoms with Crippen molar-refractivity contribution >= 4 is 17.5 Å². The fourth-order valence-corrected chi connectivity index (χ4v) is 2.96. The van der Waals surface area contributed by atoms with Crippen LogP contribution < -0.4 is 10.6 Å². The van der Waals surface area contributed by atoms with Crippen LogP contribution in [0.25, 0.3) is 0 Å². The van der Waals surface area contributed by atoms with Crippen LogP contribution in [-0.2, 0) is 9.59 Å². The van der Waals surface area contributed by atoms with Gasteiger partial charge in [0.15, 0.2) is 0 Å². The van der Waals surface area contributed by atoms with Gasteiger partial charge in [-0.1, -0.05) is 30.5 Å². The van der Waals surface area contributed by atoms with Crippen LogP contribution in [0.5, 0.6) is 0 Å². The lowest BCUT2D eigenvalue weighted by Crippen LogP contribution is -2.43. The van der Waals surface area contributed by atoms with Crippen molar-refractivity contribution in [2.45, 2.75) is 51.5 Å². The maximum atomic E-state index is 12.4. The first-order valence-corrected chi connectivity index (χ1v) is 7.79. The standard InChI is InChI=1S/C17H22N2O2/c1-12-6-8-14(9-7-12)19-16(21)17(10-11-17)15(20)18-13-4-2-3-5-13/h6-9,13H,2-5,10-11H2,1H3,(H,18,20)(H,19,21). The third kappa shape index (κ3) is 2.94. The highest BCUT2D eigenvalue weighted by Crippen LogP contribution is 2.47. The van der Waals surface area contributed by atoms with E-state index in [1.807, 2.05) is 31.2 Å². The van der Waals surface area contributed by atoms with Crippen molar-refractivity contribution < 1.29 is 9.59 Å². The largest absolute Gasteiger partial charge is 0.352 e. The Balaban J connectivity index is 1.62. The number of rotatable bonds is 4. The number of nitrogens with one attached hydrogen (secondary N) is 2. The number of hydrogen-bond donors (Lipinski definition) is 2. The van der Waals surface area contributed by atoms with E-state index < -0.39 is 5.41 Å². The van der Waals surface area contributed by atoms with Gasteiger partial charge in [0.1, 0.15) is 5.41 Å². The molecule has 2 saturated carbocycles. The molecule has 1 aromatic carbocycles. The molecule has 0 bridgehead atoms. The van der Waals surface area contributed by atoms with Gasteiger partial charge < -0.3 is 10.6 Å². The van der Waals surface area contributed by atoms with Crippen LogP contribution in [-0.4, -0.2) is 17.9 Å². The molecule has 1 aromatic rings. The SMILES string of the molecule is Cc1ccc(NC(=O)C2(C(=O)NC3CCCC3)CC2)cc1. The van der Waals surface area contributed by atoms with Gasteiger partial charge in [0.2, 0.25) is 11.8 Å². The highest BCUT2D eigenvalue weighted by atomic mass is 16.2. The summed E-state index contributed by atoms with van der Waals surface area (Å²) in [5.74, 6) is -0.249. The van der Waals surface area contributed by atoms with Crippen LogP contribution in [0.15, 0.2) is 24.3 Å². The molecule has 0 unspecified atom stereocenters. The van der Waals surface area contributed by atoms with Gasteiger partial charge in [-0.15, -0.1) is 0 Å². The van der Waals surface area contributed by atoms with Crippen molar-refractivity contribution in [2.24, 2.45) is 5.41 Å². The van der Waals surface area contributed by atoms with E-state index in [0.29, 0.717) is 12.8 Å².